The van der Waals surface area contributed by atoms with Crippen LogP contribution >= 0.6 is 11.8 Å². The predicted octanol–water partition coefficient (Wildman–Crippen LogP) is 4.47. The molecule has 1 aliphatic rings. The number of hydrogen-bond acceptors (Lipinski definition) is 4. The molecule has 5 nitrogen and oxygen atoms in total. The van der Waals surface area contributed by atoms with E-state index in [1.54, 1.807) is 18.2 Å². The van der Waals surface area contributed by atoms with Crippen LogP contribution in [0.2, 0.25) is 0 Å². The minimum absolute atomic E-state index is 0.140. The summed E-state index contributed by atoms with van der Waals surface area (Å²) in [6, 6.07) is 15.5. The van der Waals surface area contributed by atoms with Crippen LogP contribution in [0.4, 0.5) is 5.69 Å². The Hall–Kier alpha value is -2.86. The van der Waals surface area contributed by atoms with Gasteiger partial charge in [-0.2, -0.15) is 0 Å². The van der Waals surface area contributed by atoms with Crippen molar-refractivity contribution in [3.8, 4) is 0 Å². The van der Waals surface area contributed by atoms with E-state index in [0.29, 0.717) is 11.3 Å². The number of aryl methyl sites for hydroxylation is 2. The van der Waals surface area contributed by atoms with Gasteiger partial charge in [-0.15, -0.1) is 0 Å². The summed E-state index contributed by atoms with van der Waals surface area (Å²) in [6.45, 7) is 4.10. The zero-order chi connectivity index (χ0) is 20.4. The first-order valence-electron chi connectivity index (χ1n) is 9.71. The second-order valence-electron chi connectivity index (χ2n) is 7.38. The maximum absolute atomic E-state index is 12.5. The van der Waals surface area contributed by atoms with Crippen molar-refractivity contribution in [1.29, 1.82) is 0 Å². The lowest BCUT2D eigenvalue weighted by Gasteiger charge is -2.11. The molecule has 1 aromatic heterocycles. The highest BCUT2D eigenvalue weighted by Gasteiger charge is 2.25. The fourth-order valence-electron chi connectivity index (χ4n) is 3.21. The van der Waals surface area contributed by atoms with Gasteiger partial charge in [0.15, 0.2) is 0 Å². The number of thioether (sulfide) groups is 1. The first-order chi connectivity index (χ1) is 14.0. The number of pyridine rings is 1. The van der Waals surface area contributed by atoms with Crippen LogP contribution < -0.4 is 10.6 Å². The Morgan fingerprint density at radius 2 is 1.86 bits per heavy atom. The van der Waals surface area contributed by atoms with Gasteiger partial charge in [-0.1, -0.05) is 42.1 Å². The van der Waals surface area contributed by atoms with Gasteiger partial charge in [0.1, 0.15) is 0 Å². The van der Waals surface area contributed by atoms with Crippen LogP contribution in [0.1, 0.15) is 34.3 Å². The lowest BCUT2D eigenvalue weighted by atomic mass is 10.1. The number of nitrogens with one attached hydrogen (secondary N) is 2. The molecule has 1 aliphatic carbocycles. The summed E-state index contributed by atoms with van der Waals surface area (Å²) >= 11 is 1.40. The first kappa shape index (κ1) is 19.5. The van der Waals surface area contributed by atoms with E-state index in [-0.39, 0.29) is 23.6 Å². The van der Waals surface area contributed by atoms with Crippen molar-refractivity contribution in [3.05, 3.63) is 65.2 Å². The molecule has 0 bridgehead atoms. The Bertz CT molecular complexity index is 1090. The Balaban J connectivity index is 1.44. The number of nitrogens with zero attached hydrogens (tertiary/aromatic N) is 1. The van der Waals surface area contributed by atoms with Crippen LogP contribution in [0.15, 0.2) is 53.6 Å². The molecule has 148 valence electrons. The molecular weight excluding hydrogens is 382 g/mol. The normalized spacial score (nSPS) is 13.3. The van der Waals surface area contributed by atoms with Crippen molar-refractivity contribution >= 4 is 40.2 Å². The molecule has 2 aromatic carbocycles. The molecule has 2 amide bonds. The van der Waals surface area contributed by atoms with E-state index >= 15 is 0 Å². The number of para-hydroxylation sites is 2. The number of anilines is 1. The van der Waals surface area contributed by atoms with Gasteiger partial charge in [-0.25, -0.2) is 4.98 Å². The number of benzene rings is 2. The Morgan fingerprint density at radius 3 is 2.66 bits per heavy atom. The molecule has 6 heteroatoms. The predicted molar refractivity (Wildman–Crippen MR) is 118 cm³/mol. The maximum atomic E-state index is 12.5. The second kappa shape index (κ2) is 8.25. The fourth-order valence-corrected chi connectivity index (χ4v) is 3.98. The third-order valence-corrected chi connectivity index (χ3v) is 5.85. The van der Waals surface area contributed by atoms with Crippen LogP contribution in [-0.2, 0) is 4.79 Å². The Kier molecular flexibility index (Phi) is 5.53. The van der Waals surface area contributed by atoms with E-state index in [1.165, 1.54) is 11.8 Å². The highest BCUT2D eigenvalue weighted by Crippen LogP contribution is 2.26. The SMILES string of the molecule is Cc1cc(SCC(=O)Nc2ccccc2C(=O)NC2CC2)nc2c(C)cccc12. The standard InChI is InChI=1S/C23H23N3O2S/c1-14-6-5-8-17-15(2)12-21(26-22(14)17)29-13-20(27)25-19-9-4-3-7-18(19)23(28)24-16-10-11-16/h3-9,12,16H,10-11,13H2,1-2H3,(H,24,28)(H,25,27). The molecular formula is C23H23N3O2S. The monoisotopic (exact) mass is 405 g/mol. The zero-order valence-electron chi connectivity index (χ0n) is 16.5. The van der Waals surface area contributed by atoms with Crippen LogP contribution in [0.25, 0.3) is 10.9 Å². The lowest BCUT2D eigenvalue weighted by Crippen LogP contribution is -2.27. The van der Waals surface area contributed by atoms with Crippen molar-refractivity contribution in [2.75, 3.05) is 11.1 Å². The van der Waals surface area contributed by atoms with Crippen molar-refractivity contribution < 1.29 is 9.59 Å². The number of amides is 2. The maximum Gasteiger partial charge on any atom is 0.253 e. The smallest absolute Gasteiger partial charge is 0.253 e. The summed E-state index contributed by atoms with van der Waals surface area (Å²) < 4.78 is 0. The van der Waals surface area contributed by atoms with E-state index in [4.69, 9.17) is 4.98 Å². The van der Waals surface area contributed by atoms with Crippen LogP contribution in [-0.4, -0.2) is 28.6 Å². The molecule has 1 fully saturated rings. The van der Waals surface area contributed by atoms with Gasteiger partial charge < -0.3 is 10.6 Å². The zero-order valence-corrected chi connectivity index (χ0v) is 17.3. The average molecular weight is 406 g/mol. The summed E-state index contributed by atoms with van der Waals surface area (Å²) in [5.74, 6) is -0.0769. The molecule has 4 rings (SSSR count). The third-order valence-electron chi connectivity index (χ3n) is 4.93. The number of rotatable bonds is 6. The summed E-state index contributed by atoms with van der Waals surface area (Å²) in [4.78, 5) is 29.6. The Morgan fingerprint density at radius 1 is 1.07 bits per heavy atom. The van der Waals surface area contributed by atoms with Gasteiger partial charge in [0.25, 0.3) is 5.91 Å². The second-order valence-corrected chi connectivity index (χ2v) is 8.37. The number of carbonyl (C=O) groups excluding carboxylic acids is 2. The van der Waals surface area contributed by atoms with Crippen molar-refractivity contribution in [1.82, 2.24) is 10.3 Å². The topological polar surface area (TPSA) is 71.1 Å². The van der Waals surface area contributed by atoms with Gasteiger partial charge in [0, 0.05) is 11.4 Å². The number of carbonyl (C=O) groups is 2. The van der Waals surface area contributed by atoms with Crippen LogP contribution in [0.5, 0.6) is 0 Å². The highest BCUT2D eigenvalue weighted by atomic mass is 32.2. The summed E-state index contributed by atoms with van der Waals surface area (Å²) in [7, 11) is 0. The van der Waals surface area contributed by atoms with Gasteiger partial charge >= 0.3 is 0 Å². The molecule has 0 spiro atoms. The molecule has 0 aliphatic heterocycles. The van der Waals surface area contributed by atoms with Crippen molar-refractivity contribution in [3.63, 3.8) is 0 Å². The molecule has 0 atom stereocenters. The number of hydrogen-bond donors (Lipinski definition) is 2. The number of fused-ring (bicyclic) bond motifs is 1. The highest BCUT2D eigenvalue weighted by molar-refractivity contribution is 7.99. The lowest BCUT2D eigenvalue weighted by molar-refractivity contribution is -0.113. The molecule has 29 heavy (non-hydrogen) atoms. The molecule has 0 saturated heterocycles. The van der Waals surface area contributed by atoms with Crippen molar-refractivity contribution in [2.45, 2.75) is 37.8 Å². The van der Waals surface area contributed by atoms with Gasteiger partial charge in [-0.3, -0.25) is 9.59 Å². The quantitative estimate of drug-likeness (QED) is 0.594. The van der Waals surface area contributed by atoms with E-state index in [1.807, 2.05) is 31.2 Å². The minimum Gasteiger partial charge on any atom is -0.349 e. The van der Waals surface area contributed by atoms with Crippen LogP contribution in [0, 0.1) is 13.8 Å². The van der Waals surface area contributed by atoms with Crippen molar-refractivity contribution in [2.24, 2.45) is 0 Å². The third kappa shape index (κ3) is 4.59. The molecule has 0 radical (unpaired) electrons. The van der Waals surface area contributed by atoms with E-state index in [9.17, 15) is 9.59 Å². The van der Waals surface area contributed by atoms with E-state index in [0.717, 1.165) is 39.9 Å². The molecule has 2 N–H and O–H groups in total. The summed E-state index contributed by atoms with van der Waals surface area (Å²) in [5, 5.41) is 7.79. The molecule has 3 aromatic rings. The van der Waals surface area contributed by atoms with Gasteiger partial charge in [0.2, 0.25) is 5.91 Å². The van der Waals surface area contributed by atoms with Gasteiger partial charge in [0.05, 0.1) is 27.5 Å². The van der Waals surface area contributed by atoms with Gasteiger partial charge in [-0.05, 0) is 56.0 Å². The minimum atomic E-state index is -0.161. The largest absolute Gasteiger partial charge is 0.349 e. The first-order valence-corrected chi connectivity index (χ1v) is 10.7. The van der Waals surface area contributed by atoms with E-state index < -0.39 is 0 Å². The molecule has 0 unspecified atom stereocenters. The summed E-state index contributed by atoms with van der Waals surface area (Å²) in [6.07, 6.45) is 2.04. The molecule has 1 saturated carbocycles. The average Bonchev–Trinajstić information content (AvgIpc) is 3.51. The van der Waals surface area contributed by atoms with E-state index in [2.05, 4.69) is 23.6 Å². The van der Waals surface area contributed by atoms with Crippen LogP contribution in [0.3, 0.4) is 0 Å². The fraction of sp³-hybridized carbons (Fsp3) is 0.261. The summed E-state index contributed by atoms with van der Waals surface area (Å²) in [5.41, 5.74) is 4.26. The Labute approximate surface area is 174 Å². The number of aromatic nitrogens is 1. The molecule has 1 heterocycles.